The Bertz CT molecular complexity index is 4080. The summed E-state index contributed by atoms with van der Waals surface area (Å²) < 4.78 is 6.60. The Balaban J connectivity index is 0.000000164. The topological polar surface area (TPSA) is 144 Å². The summed E-state index contributed by atoms with van der Waals surface area (Å²) in [7, 11) is 2.19. The third-order valence-corrected chi connectivity index (χ3v) is 19.4. The summed E-state index contributed by atoms with van der Waals surface area (Å²) >= 11 is 3.57. The molecule has 13 heteroatoms. The standard InChI is InChI=1S/C32H38N2O4.C28H31BrN2O.C28H31NO2/c1-32(2,3)38-31(37)34-21-19-33(20-22-34)27-15-11-25(12-16-27)30(26-13-17-28(36)18-14-26)29(10-7-23-35)24-8-5-4-6-9-24;1-30-17-19-31(20-18-30)26-15-11-24(12-16-26)28(23-9-13-25(29)14-10-23)27(8-5-21-32)22-6-3-2-4-7-22;30-21-7-10-27(22-8-3-1-4-9-22)28(24-13-17-26(31)18-14-24)23-11-15-25(16-12-23)29-19-5-2-6-20-29/h4-6,8-9,11-18,35-36H,7,10,19-23H2,1-3H3;2-4,6-7,9-16,32H,5,8,17-21H2,1H3;1,3-4,8-9,11-18,30-31H,2,5-7,10,19-21H2/b30-29+;28-27-;28-27+. The van der Waals surface area contributed by atoms with Gasteiger partial charge in [-0.2, -0.15) is 0 Å². The number of allylic oxidation sites excluding steroid dienone is 3. The summed E-state index contributed by atoms with van der Waals surface area (Å²) in [5, 5.41) is 48.5. The number of rotatable bonds is 21. The number of halogens is 1. The number of piperazine rings is 2. The second-order valence-electron chi connectivity index (χ2n) is 27.2. The molecular weight excluding hydrogens is 1320 g/mol. The lowest BCUT2D eigenvalue weighted by Crippen LogP contribution is -2.50. The minimum atomic E-state index is -0.497. The maximum Gasteiger partial charge on any atom is 0.410 e. The smallest absolute Gasteiger partial charge is 0.410 e. The highest BCUT2D eigenvalue weighted by atomic mass is 79.9. The molecule has 3 aliphatic rings. The Morgan fingerprint density at radius 2 is 0.653 bits per heavy atom. The van der Waals surface area contributed by atoms with E-state index in [0.717, 1.165) is 133 Å². The second-order valence-corrected chi connectivity index (χ2v) is 28.1. The van der Waals surface area contributed by atoms with Crippen molar-refractivity contribution < 1.29 is 35.1 Å². The zero-order chi connectivity index (χ0) is 70.9. The van der Waals surface area contributed by atoms with E-state index in [2.05, 4.69) is 206 Å². The lowest BCUT2D eigenvalue weighted by Gasteiger charge is -2.36. The number of amides is 1. The monoisotopic (exact) mass is 1420 g/mol. The van der Waals surface area contributed by atoms with Gasteiger partial charge in [-0.25, -0.2) is 4.79 Å². The number of aliphatic hydroxyl groups excluding tert-OH is 3. The number of carbonyl (C=O) groups is 1. The van der Waals surface area contributed by atoms with Gasteiger partial charge in [0.05, 0.1) is 0 Å². The largest absolute Gasteiger partial charge is 0.508 e. The molecule has 3 saturated heterocycles. The molecule has 5 N–H and O–H groups in total. The number of hydrogen-bond acceptors (Lipinski definition) is 11. The first kappa shape index (κ1) is 74.5. The predicted octanol–water partition coefficient (Wildman–Crippen LogP) is 18.2. The summed E-state index contributed by atoms with van der Waals surface area (Å²) in [5.41, 5.74) is 20.5. The Morgan fingerprint density at radius 1 is 0.366 bits per heavy atom. The van der Waals surface area contributed by atoms with Crippen molar-refractivity contribution in [1.82, 2.24) is 9.80 Å². The number of phenolic OH excluding ortho intramolecular Hbond substituents is 2. The number of anilines is 3. The van der Waals surface area contributed by atoms with E-state index in [1.807, 2.05) is 69.3 Å². The number of nitrogens with zero attached hydrogens (tertiary/aromatic N) is 5. The van der Waals surface area contributed by atoms with Crippen molar-refractivity contribution >= 4 is 72.5 Å². The molecule has 0 aliphatic carbocycles. The van der Waals surface area contributed by atoms with Gasteiger partial charge < -0.3 is 54.8 Å². The maximum atomic E-state index is 12.4. The average Bonchev–Trinajstić information content (AvgIpc) is 0.808. The summed E-state index contributed by atoms with van der Waals surface area (Å²) in [6.07, 6.45) is 8.04. The molecule has 3 heterocycles. The van der Waals surface area contributed by atoms with Crippen LogP contribution < -0.4 is 14.7 Å². The quantitative estimate of drug-likeness (QED) is 0.0439. The number of piperidine rings is 1. The van der Waals surface area contributed by atoms with Gasteiger partial charge in [0.1, 0.15) is 17.1 Å². The third kappa shape index (κ3) is 21.2. The van der Waals surface area contributed by atoms with Gasteiger partial charge in [-0.15, -0.1) is 0 Å². The van der Waals surface area contributed by atoms with E-state index in [-0.39, 0.29) is 37.4 Å². The molecule has 0 aromatic heterocycles. The van der Waals surface area contributed by atoms with Crippen molar-refractivity contribution in [3.05, 3.63) is 291 Å². The summed E-state index contributed by atoms with van der Waals surface area (Å²) in [4.78, 5) is 23.8. The van der Waals surface area contributed by atoms with Crippen LogP contribution >= 0.6 is 15.9 Å². The fourth-order valence-corrected chi connectivity index (χ4v) is 13.8. The van der Waals surface area contributed by atoms with E-state index in [1.54, 1.807) is 29.2 Å². The summed E-state index contributed by atoms with van der Waals surface area (Å²) in [5.74, 6) is 0.491. The van der Waals surface area contributed by atoms with E-state index >= 15 is 0 Å². The number of benzene rings is 9. The van der Waals surface area contributed by atoms with Gasteiger partial charge in [0.2, 0.25) is 0 Å². The van der Waals surface area contributed by atoms with Crippen LogP contribution in [-0.4, -0.2) is 139 Å². The zero-order valence-corrected chi connectivity index (χ0v) is 60.8. The number of phenols is 2. The molecule has 0 bridgehead atoms. The minimum Gasteiger partial charge on any atom is -0.508 e. The molecule has 0 atom stereocenters. The molecule has 9 aromatic rings. The van der Waals surface area contributed by atoms with Crippen LogP contribution in [0.25, 0.3) is 33.4 Å². The molecule has 3 fully saturated rings. The molecule has 0 unspecified atom stereocenters. The zero-order valence-electron chi connectivity index (χ0n) is 59.2. The number of likely N-dealkylation sites (N-methyl/N-ethyl adjacent to an activating group) is 1. The number of aliphatic hydroxyl groups is 3. The van der Waals surface area contributed by atoms with Crippen molar-refractivity contribution in [1.29, 1.82) is 0 Å². The molecule has 526 valence electrons. The van der Waals surface area contributed by atoms with E-state index < -0.39 is 5.60 Å². The van der Waals surface area contributed by atoms with E-state index in [0.29, 0.717) is 25.9 Å². The number of hydrogen-bond donors (Lipinski definition) is 5. The van der Waals surface area contributed by atoms with Crippen molar-refractivity contribution in [3.8, 4) is 11.5 Å². The molecule has 0 spiro atoms. The van der Waals surface area contributed by atoms with Crippen LogP contribution in [0.4, 0.5) is 21.9 Å². The van der Waals surface area contributed by atoms with Gasteiger partial charge in [0.25, 0.3) is 0 Å². The predicted molar refractivity (Wildman–Crippen MR) is 422 cm³/mol. The molecule has 9 aromatic carbocycles. The van der Waals surface area contributed by atoms with Crippen molar-refractivity contribution in [2.45, 2.75) is 84.2 Å². The van der Waals surface area contributed by atoms with Crippen LogP contribution in [0.1, 0.15) is 129 Å². The second kappa shape index (κ2) is 37.5. The van der Waals surface area contributed by atoms with Crippen molar-refractivity contribution in [2.24, 2.45) is 0 Å². The van der Waals surface area contributed by atoms with Gasteiger partial charge in [0.15, 0.2) is 0 Å². The van der Waals surface area contributed by atoms with Gasteiger partial charge in [0, 0.05) is 107 Å². The highest BCUT2D eigenvalue weighted by Gasteiger charge is 2.27. The SMILES string of the molecule is CC(C)(C)OC(=O)N1CCN(c2ccc(/C(=C(/CCCO)c3ccccc3)c3ccc(O)cc3)cc2)CC1.CN1CCN(c2ccc(/C(=C(/CCCO)c3ccccc3)c3ccc(Br)cc3)cc2)CC1.OCCC/C(=C(\c1ccc(O)cc1)c1ccc(N2CCCCC2)cc1)c1ccccc1. The number of carbonyl (C=O) groups excluding carboxylic acids is 1. The van der Waals surface area contributed by atoms with Crippen LogP contribution in [0.5, 0.6) is 11.5 Å². The van der Waals surface area contributed by atoms with E-state index in [1.165, 1.54) is 69.6 Å². The molecule has 12 rings (SSSR count). The Kier molecular flexibility index (Phi) is 27.6. The van der Waals surface area contributed by atoms with E-state index in [9.17, 15) is 30.3 Å². The first-order valence-corrected chi connectivity index (χ1v) is 36.7. The molecule has 12 nitrogen and oxygen atoms in total. The first-order chi connectivity index (χ1) is 49.2. The summed E-state index contributed by atoms with van der Waals surface area (Å²) in [6, 6.07) is 81.0. The fourth-order valence-electron chi connectivity index (χ4n) is 13.6. The highest BCUT2D eigenvalue weighted by molar-refractivity contribution is 9.10. The summed E-state index contributed by atoms with van der Waals surface area (Å²) in [6.45, 7) is 15.4. The Labute approximate surface area is 607 Å². The molecule has 0 saturated carbocycles. The minimum absolute atomic E-state index is 0.118. The highest BCUT2D eigenvalue weighted by Crippen LogP contribution is 2.41. The number of ether oxygens (including phenoxy) is 1. The molecule has 101 heavy (non-hydrogen) atoms. The van der Waals surface area contributed by atoms with E-state index in [4.69, 9.17) is 4.74 Å². The first-order valence-electron chi connectivity index (χ1n) is 35.9. The van der Waals surface area contributed by atoms with Crippen LogP contribution in [0, 0.1) is 0 Å². The van der Waals surface area contributed by atoms with Crippen LogP contribution in [0.2, 0.25) is 0 Å². The lowest BCUT2D eigenvalue weighted by atomic mass is 9.87. The van der Waals surface area contributed by atoms with Crippen molar-refractivity contribution in [3.63, 3.8) is 0 Å². The molecule has 1 amide bonds. The molecule has 0 radical (unpaired) electrons. The van der Waals surface area contributed by atoms with Crippen LogP contribution in [0.3, 0.4) is 0 Å². The Hall–Kier alpha value is -9.21. The van der Waals surface area contributed by atoms with Crippen LogP contribution in [-0.2, 0) is 4.74 Å². The van der Waals surface area contributed by atoms with Gasteiger partial charge in [-0.3, -0.25) is 0 Å². The molecular formula is C88H100BrN5O7. The molecule has 3 aliphatic heterocycles. The van der Waals surface area contributed by atoms with Crippen molar-refractivity contribution in [2.75, 3.05) is 107 Å². The third-order valence-electron chi connectivity index (χ3n) is 18.8. The van der Waals surface area contributed by atoms with Gasteiger partial charge in [-0.05, 0) is 242 Å². The number of aromatic hydroxyl groups is 2. The Morgan fingerprint density at radius 3 is 0.960 bits per heavy atom. The normalized spacial score (nSPS) is 15.0. The maximum absolute atomic E-state index is 12.4. The van der Waals surface area contributed by atoms with Crippen LogP contribution in [0.15, 0.2) is 241 Å². The van der Waals surface area contributed by atoms with Gasteiger partial charge in [-0.1, -0.05) is 180 Å². The lowest BCUT2D eigenvalue weighted by molar-refractivity contribution is 0.0240. The van der Waals surface area contributed by atoms with Gasteiger partial charge >= 0.3 is 6.09 Å². The fraction of sp³-hybridized carbons (Fsp3) is 0.307. The average molecular weight is 1420 g/mol.